The Morgan fingerprint density at radius 1 is 0.321 bits per heavy atom. The Morgan fingerprint density at radius 2 is 0.887 bits per heavy atom. The maximum Gasteiger partial charge on any atom is 0.136 e. The van der Waals surface area contributed by atoms with Crippen LogP contribution in [0.15, 0.2) is 186 Å². The quantitative estimate of drug-likeness (QED) is 0.183. The standard InChI is InChI=1S/C50H30N2O/c1-3-12-33-28-36(23-20-31(33)10-1)51-42-17-7-5-14-39(42)49-43(51)26-27-44-50(49)40-25-22-35(38-16-9-19-47-48(38)41-15-6-8-18-46(41)53-47)30-45(40)52(44)37-24-21-32-11-2-4-13-34(32)29-37/h1-30H. The van der Waals surface area contributed by atoms with Gasteiger partial charge < -0.3 is 13.6 Å². The zero-order valence-electron chi connectivity index (χ0n) is 28.6. The van der Waals surface area contributed by atoms with E-state index in [-0.39, 0.29) is 0 Å². The van der Waals surface area contributed by atoms with E-state index in [2.05, 4.69) is 185 Å². The van der Waals surface area contributed by atoms with Crippen LogP contribution in [0.4, 0.5) is 0 Å². The first-order valence-electron chi connectivity index (χ1n) is 18.2. The summed E-state index contributed by atoms with van der Waals surface area (Å²) < 4.78 is 11.2. The molecule has 0 aliphatic heterocycles. The van der Waals surface area contributed by atoms with Gasteiger partial charge in [-0.3, -0.25) is 0 Å². The predicted octanol–water partition coefficient (Wildman–Crippen LogP) is 13.8. The highest BCUT2D eigenvalue weighted by molar-refractivity contribution is 6.29. The van der Waals surface area contributed by atoms with E-state index in [1.54, 1.807) is 0 Å². The molecule has 3 heterocycles. The fourth-order valence-corrected chi connectivity index (χ4v) is 8.94. The number of para-hydroxylation sites is 2. The highest BCUT2D eigenvalue weighted by atomic mass is 16.3. The molecule has 3 heteroatoms. The van der Waals surface area contributed by atoms with Gasteiger partial charge in [-0.25, -0.2) is 0 Å². The van der Waals surface area contributed by atoms with E-state index in [4.69, 9.17) is 4.42 Å². The largest absolute Gasteiger partial charge is 0.456 e. The van der Waals surface area contributed by atoms with Crippen molar-refractivity contribution in [2.45, 2.75) is 0 Å². The summed E-state index contributed by atoms with van der Waals surface area (Å²) in [5.74, 6) is 0. The van der Waals surface area contributed by atoms with E-state index in [1.807, 2.05) is 6.07 Å². The summed E-state index contributed by atoms with van der Waals surface area (Å²) in [6, 6.07) is 66.2. The lowest BCUT2D eigenvalue weighted by molar-refractivity contribution is 0.669. The van der Waals surface area contributed by atoms with Gasteiger partial charge in [-0.15, -0.1) is 0 Å². The summed E-state index contributed by atoms with van der Waals surface area (Å²) in [5.41, 5.74) is 11.2. The average molecular weight is 675 g/mol. The van der Waals surface area contributed by atoms with Gasteiger partial charge in [0.15, 0.2) is 0 Å². The molecule has 12 rings (SSSR count). The van der Waals surface area contributed by atoms with Crippen molar-refractivity contribution in [2.24, 2.45) is 0 Å². The molecule has 9 aromatic carbocycles. The zero-order valence-corrected chi connectivity index (χ0v) is 28.6. The van der Waals surface area contributed by atoms with Crippen LogP contribution in [0.5, 0.6) is 0 Å². The number of hydrogen-bond donors (Lipinski definition) is 0. The zero-order chi connectivity index (χ0) is 34.6. The molecule has 0 aliphatic rings. The number of fused-ring (bicyclic) bond motifs is 12. The number of nitrogens with zero attached hydrogens (tertiary/aromatic N) is 2. The summed E-state index contributed by atoms with van der Waals surface area (Å²) in [4.78, 5) is 0. The normalized spacial score (nSPS) is 12.2. The maximum absolute atomic E-state index is 6.33. The Morgan fingerprint density at radius 3 is 1.60 bits per heavy atom. The lowest BCUT2D eigenvalue weighted by Gasteiger charge is -2.11. The lowest BCUT2D eigenvalue weighted by atomic mass is 9.98. The molecule has 3 nitrogen and oxygen atoms in total. The van der Waals surface area contributed by atoms with Crippen molar-refractivity contribution in [1.82, 2.24) is 9.13 Å². The molecule has 0 saturated carbocycles. The molecular weight excluding hydrogens is 645 g/mol. The van der Waals surface area contributed by atoms with Crippen LogP contribution in [0, 0.1) is 0 Å². The highest BCUT2D eigenvalue weighted by Gasteiger charge is 2.22. The van der Waals surface area contributed by atoms with Crippen molar-refractivity contribution in [3.05, 3.63) is 182 Å². The van der Waals surface area contributed by atoms with Crippen molar-refractivity contribution in [3.8, 4) is 22.5 Å². The Labute approximate surface area is 304 Å². The molecule has 3 aromatic heterocycles. The van der Waals surface area contributed by atoms with E-state index in [9.17, 15) is 0 Å². The van der Waals surface area contributed by atoms with Gasteiger partial charge >= 0.3 is 0 Å². The molecule has 0 atom stereocenters. The molecule has 0 N–H and O–H groups in total. The SMILES string of the molecule is c1ccc2cc(-n3c4ccccc4c4c5c6ccc(-c7cccc8oc9ccccc9c78)cc6n(-c6ccc7ccccc7c6)c5ccc43)ccc2c1. The predicted molar refractivity (Wildman–Crippen MR) is 223 cm³/mol. The number of rotatable bonds is 3. The van der Waals surface area contributed by atoms with E-state index in [0.717, 1.165) is 38.9 Å². The van der Waals surface area contributed by atoms with E-state index < -0.39 is 0 Å². The summed E-state index contributed by atoms with van der Waals surface area (Å²) in [7, 11) is 0. The topological polar surface area (TPSA) is 23.0 Å². The smallest absolute Gasteiger partial charge is 0.136 e. The number of aromatic nitrogens is 2. The van der Waals surface area contributed by atoms with Gasteiger partial charge in [0.1, 0.15) is 11.2 Å². The minimum atomic E-state index is 0.905. The van der Waals surface area contributed by atoms with Crippen LogP contribution in [-0.4, -0.2) is 9.13 Å². The van der Waals surface area contributed by atoms with Crippen molar-refractivity contribution < 1.29 is 4.42 Å². The molecule has 0 spiro atoms. The lowest BCUT2D eigenvalue weighted by Crippen LogP contribution is -1.95. The van der Waals surface area contributed by atoms with Gasteiger partial charge in [0.2, 0.25) is 0 Å². The number of hydrogen-bond acceptors (Lipinski definition) is 1. The van der Waals surface area contributed by atoms with Crippen molar-refractivity contribution in [2.75, 3.05) is 0 Å². The first kappa shape index (κ1) is 28.6. The van der Waals surface area contributed by atoms with Crippen LogP contribution in [0.1, 0.15) is 0 Å². The molecule has 0 aliphatic carbocycles. The molecule has 246 valence electrons. The van der Waals surface area contributed by atoms with E-state index >= 15 is 0 Å². The van der Waals surface area contributed by atoms with Crippen LogP contribution in [0.25, 0.3) is 110 Å². The van der Waals surface area contributed by atoms with Crippen LogP contribution < -0.4 is 0 Å². The molecular formula is C50H30N2O. The average Bonchev–Trinajstić information content (AvgIpc) is 3.88. The minimum Gasteiger partial charge on any atom is -0.456 e. The molecule has 53 heavy (non-hydrogen) atoms. The highest BCUT2D eigenvalue weighted by Crippen LogP contribution is 2.45. The summed E-state index contributed by atoms with van der Waals surface area (Å²) in [6.45, 7) is 0. The molecule has 0 amide bonds. The van der Waals surface area contributed by atoms with Crippen LogP contribution >= 0.6 is 0 Å². The molecule has 0 fully saturated rings. The third-order valence-corrected chi connectivity index (χ3v) is 11.3. The third-order valence-electron chi connectivity index (χ3n) is 11.3. The summed E-state index contributed by atoms with van der Waals surface area (Å²) in [6.07, 6.45) is 0. The van der Waals surface area contributed by atoms with Gasteiger partial charge in [0, 0.05) is 43.7 Å². The Kier molecular flexibility index (Phi) is 5.77. The van der Waals surface area contributed by atoms with Gasteiger partial charge in [-0.2, -0.15) is 0 Å². The first-order chi connectivity index (χ1) is 26.3. The van der Waals surface area contributed by atoms with Crippen LogP contribution in [-0.2, 0) is 0 Å². The number of benzene rings is 9. The second-order valence-electron chi connectivity index (χ2n) is 14.1. The van der Waals surface area contributed by atoms with Gasteiger partial charge in [0.25, 0.3) is 0 Å². The van der Waals surface area contributed by atoms with Crippen molar-refractivity contribution in [1.29, 1.82) is 0 Å². The Bertz CT molecular complexity index is 3470. The minimum absolute atomic E-state index is 0.905. The van der Waals surface area contributed by atoms with E-state index in [1.165, 1.54) is 70.7 Å². The monoisotopic (exact) mass is 674 g/mol. The molecule has 0 saturated heterocycles. The maximum atomic E-state index is 6.33. The van der Waals surface area contributed by atoms with Gasteiger partial charge in [-0.05, 0) is 93.3 Å². The Balaban J connectivity index is 1.21. The molecule has 0 unspecified atom stereocenters. The fraction of sp³-hybridized carbons (Fsp3) is 0. The van der Waals surface area contributed by atoms with Crippen LogP contribution in [0.3, 0.4) is 0 Å². The third kappa shape index (κ3) is 4.05. The second kappa shape index (κ2) is 10.7. The van der Waals surface area contributed by atoms with E-state index in [0.29, 0.717) is 0 Å². The summed E-state index contributed by atoms with van der Waals surface area (Å²) in [5, 5.41) is 12.2. The summed E-state index contributed by atoms with van der Waals surface area (Å²) >= 11 is 0. The Hall–Kier alpha value is -7.10. The fourth-order valence-electron chi connectivity index (χ4n) is 8.94. The van der Waals surface area contributed by atoms with Gasteiger partial charge in [0.05, 0.1) is 22.1 Å². The molecule has 12 aromatic rings. The van der Waals surface area contributed by atoms with Crippen molar-refractivity contribution >= 4 is 87.1 Å². The number of furan rings is 1. The van der Waals surface area contributed by atoms with Crippen molar-refractivity contribution in [3.63, 3.8) is 0 Å². The first-order valence-corrected chi connectivity index (χ1v) is 18.2. The second-order valence-corrected chi connectivity index (χ2v) is 14.1. The molecule has 0 bridgehead atoms. The van der Waals surface area contributed by atoms with Crippen LogP contribution in [0.2, 0.25) is 0 Å². The molecule has 0 radical (unpaired) electrons. The van der Waals surface area contributed by atoms with Gasteiger partial charge in [-0.1, -0.05) is 121 Å².